The Morgan fingerprint density at radius 2 is 1.61 bits per heavy atom. The first-order chi connectivity index (χ1) is 18.4. The van der Waals surface area contributed by atoms with Crippen molar-refractivity contribution in [3.63, 3.8) is 0 Å². The molecule has 1 atom stereocenters. The molecule has 5 rings (SSSR count). The summed E-state index contributed by atoms with van der Waals surface area (Å²) >= 11 is 0. The summed E-state index contributed by atoms with van der Waals surface area (Å²) in [5, 5.41) is 13.3. The standard InChI is InChI=1S/C32H29NO5/c1-20(2)38-25-14-6-9-21(17-25)19-33-29(23-12-7-13-24(18-23)37-3)28(31(35)32(33)36)30(34)27-16-8-11-22-10-4-5-15-26(22)27/h4-18,20,29,34H,19H2,1-3H3/b30-28-. The molecule has 1 unspecified atom stereocenters. The first-order valence-electron chi connectivity index (χ1n) is 12.5. The van der Waals surface area contributed by atoms with E-state index in [1.165, 1.54) is 4.90 Å². The summed E-state index contributed by atoms with van der Waals surface area (Å²) in [5.41, 5.74) is 2.03. The van der Waals surface area contributed by atoms with Crippen LogP contribution in [0.25, 0.3) is 16.5 Å². The second-order valence-corrected chi connectivity index (χ2v) is 9.54. The number of hydrogen-bond acceptors (Lipinski definition) is 5. The van der Waals surface area contributed by atoms with Gasteiger partial charge in [0.25, 0.3) is 11.7 Å². The van der Waals surface area contributed by atoms with E-state index >= 15 is 0 Å². The minimum Gasteiger partial charge on any atom is -0.507 e. The first-order valence-corrected chi connectivity index (χ1v) is 12.5. The highest BCUT2D eigenvalue weighted by molar-refractivity contribution is 6.46. The number of likely N-dealkylation sites (tertiary alicyclic amines) is 1. The normalized spacial score (nSPS) is 16.8. The third kappa shape index (κ3) is 4.73. The Hall–Kier alpha value is -4.58. The molecule has 1 fully saturated rings. The van der Waals surface area contributed by atoms with Gasteiger partial charge in [-0.2, -0.15) is 0 Å². The molecule has 4 aromatic carbocycles. The summed E-state index contributed by atoms with van der Waals surface area (Å²) in [4.78, 5) is 28.5. The van der Waals surface area contributed by atoms with Gasteiger partial charge < -0.3 is 19.5 Å². The zero-order valence-electron chi connectivity index (χ0n) is 21.5. The third-order valence-electron chi connectivity index (χ3n) is 6.62. The largest absolute Gasteiger partial charge is 0.507 e. The van der Waals surface area contributed by atoms with Crippen molar-refractivity contribution in [2.45, 2.75) is 32.5 Å². The molecule has 0 saturated carbocycles. The molecule has 1 amide bonds. The van der Waals surface area contributed by atoms with Crippen molar-refractivity contribution in [3.8, 4) is 11.5 Å². The fraction of sp³-hybridized carbons (Fsp3) is 0.188. The molecular weight excluding hydrogens is 478 g/mol. The van der Waals surface area contributed by atoms with Crippen molar-refractivity contribution in [3.05, 3.63) is 113 Å². The van der Waals surface area contributed by atoms with Gasteiger partial charge in [0, 0.05) is 12.1 Å². The predicted octanol–water partition coefficient (Wildman–Crippen LogP) is 6.26. The van der Waals surface area contributed by atoms with E-state index in [9.17, 15) is 14.7 Å². The number of aliphatic hydroxyl groups excluding tert-OH is 1. The monoisotopic (exact) mass is 507 g/mol. The molecule has 1 aliphatic rings. The summed E-state index contributed by atoms with van der Waals surface area (Å²) in [6, 6.07) is 27.1. The van der Waals surface area contributed by atoms with Crippen LogP contribution in [0.1, 0.15) is 36.6 Å². The summed E-state index contributed by atoms with van der Waals surface area (Å²) in [6.45, 7) is 4.05. The van der Waals surface area contributed by atoms with Gasteiger partial charge in [-0.1, -0.05) is 66.7 Å². The van der Waals surface area contributed by atoms with Gasteiger partial charge in [0.2, 0.25) is 0 Å². The van der Waals surface area contributed by atoms with Gasteiger partial charge >= 0.3 is 0 Å². The van der Waals surface area contributed by atoms with Crippen molar-refractivity contribution in [1.29, 1.82) is 0 Å². The van der Waals surface area contributed by atoms with Crippen molar-refractivity contribution >= 4 is 28.2 Å². The Morgan fingerprint density at radius 3 is 2.39 bits per heavy atom. The van der Waals surface area contributed by atoms with Crippen LogP contribution >= 0.6 is 0 Å². The lowest BCUT2D eigenvalue weighted by Crippen LogP contribution is -2.29. The lowest BCUT2D eigenvalue weighted by atomic mass is 9.93. The van der Waals surface area contributed by atoms with Crippen LogP contribution in [-0.2, 0) is 16.1 Å². The van der Waals surface area contributed by atoms with Crippen LogP contribution in [0, 0.1) is 0 Å². The first kappa shape index (κ1) is 25.1. The maximum absolute atomic E-state index is 13.5. The highest BCUT2D eigenvalue weighted by atomic mass is 16.5. The average molecular weight is 508 g/mol. The minimum absolute atomic E-state index is 0.00282. The number of ketones is 1. The van der Waals surface area contributed by atoms with Gasteiger partial charge in [-0.3, -0.25) is 9.59 Å². The average Bonchev–Trinajstić information content (AvgIpc) is 3.17. The second kappa shape index (κ2) is 10.4. The second-order valence-electron chi connectivity index (χ2n) is 9.54. The maximum atomic E-state index is 13.5. The molecule has 1 heterocycles. The molecule has 38 heavy (non-hydrogen) atoms. The van der Waals surface area contributed by atoms with Crippen LogP contribution in [0.2, 0.25) is 0 Å². The number of aliphatic hydroxyl groups is 1. The molecule has 6 nitrogen and oxygen atoms in total. The van der Waals surface area contributed by atoms with Crippen LogP contribution in [0.5, 0.6) is 11.5 Å². The van der Waals surface area contributed by atoms with Crippen molar-refractivity contribution in [2.24, 2.45) is 0 Å². The molecule has 192 valence electrons. The number of amides is 1. The zero-order chi connectivity index (χ0) is 26.8. The van der Waals surface area contributed by atoms with Crippen molar-refractivity contribution < 1.29 is 24.2 Å². The Balaban J connectivity index is 1.66. The van der Waals surface area contributed by atoms with E-state index in [0.29, 0.717) is 22.6 Å². The van der Waals surface area contributed by atoms with Gasteiger partial charge in [-0.05, 0) is 60.0 Å². The highest BCUT2D eigenvalue weighted by Crippen LogP contribution is 2.42. The molecule has 0 spiro atoms. The summed E-state index contributed by atoms with van der Waals surface area (Å²) < 4.78 is 11.3. The summed E-state index contributed by atoms with van der Waals surface area (Å²) in [5.74, 6) is -0.326. The quantitative estimate of drug-likeness (QED) is 0.182. The van der Waals surface area contributed by atoms with Gasteiger partial charge in [-0.25, -0.2) is 0 Å². The fourth-order valence-corrected chi connectivity index (χ4v) is 4.96. The molecule has 0 radical (unpaired) electrons. The van der Waals surface area contributed by atoms with E-state index in [4.69, 9.17) is 9.47 Å². The topological polar surface area (TPSA) is 76.1 Å². The Bertz CT molecular complexity index is 1550. The maximum Gasteiger partial charge on any atom is 0.295 e. The van der Waals surface area contributed by atoms with Crippen LogP contribution in [0.3, 0.4) is 0 Å². The summed E-state index contributed by atoms with van der Waals surface area (Å²) in [6.07, 6.45) is -0.00282. The van der Waals surface area contributed by atoms with Crippen LogP contribution in [0.4, 0.5) is 0 Å². The highest BCUT2D eigenvalue weighted by Gasteiger charge is 2.46. The van der Waals surface area contributed by atoms with E-state index in [1.807, 2.05) is 86.6 Å². The van der Waals surface area contributed by atoms with E-state index in [-0.39, 0.29) is 24.0 Å². The SMILES string of the molecule is COc1cccc(C2/C(=C(/O)c3cccc4ccccc34)C(=O)C(=O)N2Cc2cccc(OC(C)C)c2)c1. The van der Waals surface area contributed by atoms with Crippen molar-refractivity contribution in [2.75, 3.05) is 7.11 Å². The van der Waals surface area contributed by atoms with Crippen LogP contribution < -0.4 is 9.47 Å². The van der Waals surface area contributed by atoms with Gasteiger partial charge in [0.1, 0.15) is 17.3 Å². The number of nitrogens with zero attached hydrogens (tertiary/aromatic N) is 1. The number of Topliss-reactive ketones (excluding diaryl/α,β-unsaturated/α-hetero) is 1. The number of carbonyl (C=O) groups excluding carboxylic acids is 2. The summed E-state index contributed by atoms with van der Waals surface area (Å²) in [7, 11) is 1.56. The number of methoxy groups -OCH3 is 1. The zero-order valence-corrected chi connectivity index (χ0v) is 21.5. The smallest absolute Gasteiger partial charge is 0.295 e. The minimum atomic E-state index is -0.807. The number of rotatable bonds is 7. The molecule has 4 aromatic rings. The molecule has 6 heteroatoms. The Labute approximate surface area is 221 Å². The van der Waals surface area contributed by atoms with E-state index in [1.54, 1.807) is 25.3 Å². The molecule has 0 bridgehead atoms. The van der Waals surface area contributed by atoms with Crippen molar-refractivity contribution in [1.82, 2.24) is 4.90 Å². The number of hydrogen-bond donors (Lipinski definition) is 1. The number of ether oxygens (including phenoxy) is 2. The predicted molar refractivity (Wildman–Crippen MR) is 147 cm³/mol. The molecule has 1 N–H and O–H groups in total. The lowest BCUT2D eigenvalue weighted by Gasteiger charge is -2.26. The van der Waals surface area contributed by atoms with Gasteiger partial charge in [0.15, 0.2) is 0 Å². The fourth-order valence-electron chi connectivity index (χ4n) is 4.96. The number of benzene rings is 4. The molecule has 1 saturated heterocycles. The number of carbonyl (C=O) groups is 2. The van der Waals surface area contributed by atoms with Crippen LogP contribution in [-0.4, -0.2) is 34.9 Å². The van der Waals surface area contributed by atoms with E-state index in [2.05, 4.69) is 0 Å². The van der Waals surface area contributed by atoms with E-state index < -0.39 is 17.7 Å². The third-order valence-corrected chi connectivity index (χ3v) is 6.62. The van der Waals surface area contributed by atoms with Crippen LogP contribution in [0.15, 0.2) is 96.6 Å². The molecule has 0 aromatic heterocycles. The lowest BCUT2D eigenvalue weighted by molar-refractivity contribution is -0.140. The molecule has 0 aliphatic carbocycles. The molecular formula is C32H29NO5. The molecule has 1 aliphatic heterocycles. The Morgan fingerprint density at radius 1 is 0.895 bits per heavy atom. The van der Waals surface area contributed by atoms with E-state index in [0.717, 1.165) is 16.3 Å². The number of fused-ring (bicyclic) bond motifs is 1. The van der Waals surface area contributed by atoms with Gasteiger partial charge in [0.05, 0.1) is 24.8 Å². The Kier molecular flexibility index (Phi) is 6.88. The van der Waals surface area contributed by atoms with Gasteiger partial charge in [-0.15, -0.1) is 0 Å².